The molecule has 0 unspecified atom stereocenters. The van der Waals surface area contributed by atoms with Crippen LogP contribution in [0.4, 0.5) is 17.2 Å². The predicted molar refractivity (Wildman–Crippen MR) is 102 cm³/mol. The summed E-state index contributed by atoms with van der Waals surface area (Å²) < 4.78 is 1.76. The van der Waals surface area contributed by atoms with Crippen LogP contribution in [0, 0.1) is 19.8 Å². The van der Waals surface area contributed by atoms with Crippen LogP contribution in [0.25, 0.3) is 5.82 Å². The Balaban J connectivity index is 1.67. The van der Waals surface area contributed by atoms with Gasteiger partial charge in [0.2, 0.25) is 5.91 Å². The number of benzene rings is 1. The number of nitrogens with one attached hydrogen (secondary N) is 2. The molecule has 2 N–H and O–H groups in total. The number of hydrogen-bond donors (Lipinski definition) is 2. The van der Waals surface area contributed by atoms with Gasteiger partial charge in [-0.1, -0.05) is 13.8 Å². The minimum Gasteiger partial charge on any atom is -0.339 e. The number of aryl methyl sites for hydroxylation is 2. The van der Waals surface area contributed by atoms with E-state index in [0.717, 1.165) is 22.8 Å². The summed E-state index contributed by atoms with van der Waals surface area (Å²) >= 11 is 0. The molecule has 0 bridgehead atoms. The van der Waals surface area contributed by atoms with Gasteiger partial charge in [0.1, 0.15) is 0 Å². The lowest BCUT2D eigenvalue weighted by molar-refractivity contribution is -0.118. The number of anilines is 3. The lowest BCUT2D eigenvalue weighted by Crippen LogP contribution is -2.17. The van der Waals surface area contributed by atoms with Crippen LogP contribution in [0.5, 0.6) is 0 Å². The molecule has 0 aliphatic rings. The highest BCUT2D eigenvalue weighted by atomic mass is 16.1. The molecule has 0 radical (unpaired) electrons. The molecule has 26 heavy (non-hydrogen) atoms. The van der Waals surface area contributed by atoms with Crippen LogP contribution < -0.4 is 10.6 Å². The van der Waals surface area contributed by atoms with Crippen molar-refractivity contribution < 1.29 is 4.79 Å². The summed E-state index contributed by atoms with van der Waals surface area (Å²) in [5, 5.41) is 18.9. The van der Waals surface area contributed by atoms with Gasteiger partial charge in [-0.2, -0.15) is 5.10 Å². The zero-order chi connectivity index (χ0) is 18.7. The molecule has 3 aromatic rings. The Morgan fingerprint density at radius 2 is 1.69 bits per heavy atom. The molecule has 0 aliphatic carbocycles. The fourth-order valence-corrected chi connectivity index (χ4v) is 2.44. The van der Waals surface area contributed by atoms with Crippen LogP contribution in [-0.4, -0.2) is 25.9 Å². The van der Waals surface area contributed by atoms with Crippen molar-refractivity contribution in [3.63, 3.8) is 0 Å². The maximum Gasteiger partial charge on any atom is 0.226 e. The maximum absolute atomic E-state index is 11.7. The number of rotatable bonds is 5. The first-order valence-corrected chi connectivity index (χ1v) is 8.47. The topological polar surface area (TPSA) is 84.7 Å². The first kappa shape index (κ1) is 17.6. The fourth-order valence-electron chi connectivity index (χ4n) is 2.44. The zero-order valence-corrected chi connectivity index (χ0v) is 15.3. The Bertz CT molecular complexity index is 897. The van der Waals surface area contributed by atoms with Gasteiger partial charge in [-0.05, 0) is 56.3 Å². The average molecular weight is 350 g/mol. The van der Waals surface area contributed by atoms with Crippen LogP contribution in [0.15, 0.2) is 42.5 Å². The molecule has 0 saturated carbocycles. The van der Waals surface area contributed by atoms with Crippen LogP contribution in [-0.2, 0) is 4.79 Å². The summed E-state index contributed by atoms with van der Waals surface area (Å²) in [6, 6.07) is 13.2. The van der Waals surface area contributed by atoms with Crippen molar-refractivity contribution >= 4 is 23.1 Å². The fraction of sp³-hybridized carbons (Fsp3) is 0.263. The molecule has 1 aromatic carbocycles. The Morgan fingerprint density at radius 1 is 1.00 bits per heavy atom. The monoisotopic (exact) mass is 350 g/mol. The van der Waals surface area contributed by atoms with Crippen molar-refractivity contribution in [2.24, 2.45) is 5.92 Å². The van der Waals surface area contributed by atoms with Gasteiger partial charge in [0.15, 0.2) is 11.6 Å². The van der Waals surface area contributed by atoms with Crippen LogP contribution in [0.3, 0.4) is 0 Å². The molecule has 0 spiro atoms. The Hall–Kier alpha value is -3.22. The Kier molecular flexibility index (Phi) is 4.97. The molecule has 1 amide bonds. The zero-order valence-electron chi connectivity index (χ0n) is 15.3. The van der Waals surface area contributed by atoms with Gasteiger partial charge in [-0.3, -0.25) is 4.79 Å². The van der Waals surface area contributed by atoms with Gasteiger partial charge in [0.05, 0.1) is 5.69 Å². The first-order valence-electron chi connectivity index (χ1n) is 8.47. The average Bonchev–Trinajstić information content (AvgIpc) is 2.95. The lowest BCUT2D eigenvalue weighted by atomic mass is 10.2. The SMILES string of the molecule is Cc1cc(C)n(-c2ccc(Nc3ccc(NC(=O)C(C)C)cc3)nn2)n1. The number of aromatic nitrogens is 4. The van der Waals surface area contributed by atoms with Crippen molar-refractivity contribution in [3.8, 4) is 5.82 Å². The highest BCUT2D eigenvalue weighted by Crippen LogP contribution is 2.18. The van der Waals surface area contributed by atoms with Gasteiger partial charge < -0.3 is 10.6 Å². The van der Waals surface area contributed by atoms with E-state index in [2.05, 4.69) is 25.9 Å². The predicted octanol–water partition coefficient (Wildman–Crippen LogP) is 3.62. The summed E-state index contributed by atoms with van der Waals surface area (Å²) in [6.07, 6.45) is 0. The lowest BCUT2D eigenvalue weighted by Gasteiger charge is -2.09. The van der Waals surface area contributed by atoms with Crippen LogP contribution in [0.2, 0.25) is 0 Å². The summed E-state index contributed by atoms with van der Waals surface area (Å²) in [4.78, 5) is 11.7. The van der Waals surface area contributed by atoms with Gasteiger partial charge in [0, 0.05) is 23.0 Å². The van der Waals surface area contributed by atoms with E-state index in [1.807, 2.05) is 70.2 Å². The highest BCUT2D eigenvalue weighted by molar-refractivity contribution is 5.92. The van der Waals surface area contributed by atoms with Gasteiger partial charge >= 0.3 is 0 Å². The number of nitrogens with zero attached hydrogens (tertiary/aromatic N) is 4. The van der Waals surface area contributed by atoms with Crippen molar-refractivity contribution in [1.82, 2.24) is 20.0 Å². The minimum atomic E-state index is -0.0520. The largest absolute Gasteiger partial charge is 0.339 e. The molecule has 134 valence electrons. The molecule has 3 rings (SSSR count). The molecule has 7 heteroatoms. The van der Waals surface area contributed by atoms with Crippen molar-refractivity contribution in [2.45, 2.75) is 27.7 Å². The number of carbonyl (C=O) groups is 1. The van der Waals surface area contributed by atoms with Crippen molar-refractivity contribution in [3.05, 3.63) is 53.9 Å². The highest BCUT2D eigenvalue weighted by Gasteiger charge is 2.08. The first-order chi connectivity index (χ1) is 12.4. The molecule has 0 fully saturated rings. The van der Waals surface area contributed by atoms with Gasteiger partial charge in [0.25, 0.3) is 0 Å². The second-order valence-corrected chi connectivity index (χ2v) is 6.46. The van der Waals surface area contributed by atoms with E-state index >= 15 is 0 Å². The van der Waals surface area contributed by atoms with E-state index < -0.39 is 0 Å². The second-order valence-electron chi connectivity index (χ2n) is 6.46. The van der Waals surface area contributed by atoms with Crippen LogP contribution in [0.1, 0.15) is 25.2 Å². The molecule has 2 heterocycles. The third-order valence-corrected chi connectivity index (χ3v) is 3.83. The minimum absolute atomic E-state index is 0.00341. The summed E-state index contributed by atoms with van der Waals surface area (Å²) in [5.74, 6) is 1.25. The van der Waals surface area contributed by atoms with Crippen molar-refractivity contribution in [1.29, 1.82) is 0 Å². The normalized spacial score (nSPS) is 10.8. The van der Waals surface area contributed by atoms with Crippen molar-refractivity contribution in [2.75, 3.05) is 10.6 Å². The third kappa shape index (κ3) is 4.05. The Labute approximate surface area is 152 Å². The van der Waals surface area contributed by atoms with E-state index in [1.54, 1.807) is 4.68 Å². The number of amides is 1. The maximum atomic E-state index is 11.7. The quantitative estimate of drug-likeness (QED) is 0.734. The molecular formula is C19H22N6O. The molecule has 7 nitrogen and oxygen atoms in total. The molecule has 0 aliphatic heterocycles. The van der Waals surface area contributed by atoms with Gasteiger partial charge in [-0.15, -0.1) is 10.2 Å². The molecule has 0 saturated heterocycles. The number of carbonyl (C=O) groups excluding carboxylic acids is 1. The molecular weight excluding hydrogens is 328 g/mol. The summed E-state index contributed by atoms with van der Waals surface area (Å²) in [7, 11) is 0. The van der Waals surface area contributed by atoms with Gasteiger partial charge in [-0.25, -0.2) is 4.68 Å². The van der Waals surface area contributed by atoms with E-state index in [4.69, 9.17) is 0 Å². The standard InChI is InChI=1S/C19H22N6O/c1-12(2)19(26)21-16-7-5-15(6-8-16)20-17-9-10-18(23-22-17)25-14(4)11-13(3)24-25/h5-12H,1-4H3,(H,20,22)(H,21,26). The van der Waals surface area contributed by atoms with E-state index in [-0.39, 0.29) is 11.8 Å². The summed E-state index contributed by atoms with van der Waals surface area (Å²) in [5.41, 5.74) is 3.58. The van der Waals surface area contributed by atoms with E-state index in [0.29, 0.717) is 11.6 Å². The Morgan fingerprint density at radius 3 is 2.23 bits per heavy atom. The number of hydrogen-bond acceptors (Lipinski definition) is 5. The van der Waals surface area contributed by atoms with E-state index in [9.17, 15) is 4.79 Å². The molecule has 2 aromatic heterocycles. The summed E-state index contributed by atoms with van der Waals surface area (Å²) in [6.45, 7) is 7.65. The van der Waals surface area contributed by atoms with E-state index in [1.165, 1.54) is 0 Å². The molecule has 0 atom stereocenters. The smallest absolute Gasteiger partial charge is 0.226 e. The second kappa shape index (κ2) is 7.35. The van der Waals surface area contributed by atoms with Crippen LogP contribution >= 0.6 is 0 Å². The third-order valence-electron chi connectivity index (χ3n) is 3.83.